The van der Waals surface area contributed by atoms with Gasteiger partial charge in [0, 0.05) is 79.0 Å². The highest BCUT2D eigenvalue weighted by Gasteiger charge is 2.32. The topological polar surface area (TPSA) is 102 Å². The van der Waals surface area contributed by atoms with E-state index in [1.54, 1.807) is 31.3 Å². The summed E-state index contributed by atoms with van der Waals surface area (Å²) in [7, 11) is 3.42. The zero-order valence-electron chi connectivity index (χ0n) is 33.3. The van der Waals surface area contributed by atoms with Crippen LogP contribution in [-0.2, 0) is 14.2 Å². The summed E-state index contributed by atoms with van der Waals surface area (Å²) in [5, 5.41) is 3.39. The monoisotopic (exact) mass is 764 g/mol. The fraction of sp³-hybridized carbons (Fsp3) is 0.537. The smallest absolute Gasteiger partial charge is 0.410 e. The molecule has 2 unspecified atom stereocenters. The van der Waals surface area contributed by atoms with Crippen LogP contribution in [0.25, 0.3) is 0 Å². The van der Waals surface area contributed by atoms with Gasteiger partial charge in [-0.1, -0.05) is 24.3 Å². The molecule has 0 spiro atoms. The van der Waals surface area contributed by atoms with E-state index in [1.165, 1.54) is 24.3 Å². The van der Waals surface area contributed by atoms with E-state index in [0.29, 0.717) is 39.4 Å². The molecule has 2 aromatic heterocycles. The second-order valence-electron chi connectivity index (χ2n) is 15.1. The number of benzene rings is 2. The summed E-state index contributed by atoms with van der Waals surface area (Å²) < 4.78 is 47.3. The highest BCUT2D eigenvalue weighted by Crippen LogP contribution is 2.29. The van der Waals surface area contributed by atoms with Crippen LogP contribution in [0.1, 0.15) is 81.3 Å². The zero-order valence-corrected chi connectivity index (χ0v) is 33.3. The van der Waals surface area contributed by atoms with Crippen LogP contribution >= 0.6 is 0 Å². The zero-order chi connectivity index (χ0) is 39.5. The fourth-order valence-corrected chi connectivity index (χ4v) is 7.20. The van der Waals surface area contributed by atoms with Gasteiger partial charge >= 0.3 is 6.09 Å². The van der Waals surface area contributed by atoms with Gasteiger partial charge in [-0.25, -0.2) is 23.5 Å². The average Bonchev–Trinajstić information content (AvgIpc) is 3.87. The van der Waals surface area contributed by atoms with Gasteiger partial charge < -0.3 is 33.6 Å². The summed E-state index contributed by atoms with van der Waals surface area (Å²) in [4.78, 5) is 27.7. The second-order valence-corrected chi connectivity index (χ2v) is 15.1. The summed E-state index contributed by atoms with van der Waals surface area (Å²) in [6, 6.07) is 13.5. The molecule has 14 heteroatoms. The summed E-state index contributed by atoms with van der Waals surface area (Å²) in [5.41, 5.74) is 3.73. The predicted octanol–water partition coefficient (Wildman–Crippen LogP) is 6.10. The number of carbonyl (C=O) groups is 1. The van der Waals surface area contributed by atoms with E-state index in [2.05, 4.69) is 48.1 Å². The first-order chi connectivity index (χ1) is 26.4. The Kier molecular flexibility index (Phi) is 14.9. The van der Waals surface area contributed by atoms with Gasteiger partial charge in [-0.2, -0.15) is 0 Å². The third-order valence-corrected chi connectivity index (χ3v) is 10.3. The molecule has 2 aliphatic heterocycles. The third-order valence-electron chi connectivity index (χ3n) is 10.3. The van der Waals surface area contributed by atoms with Crippen molar-refractivity contribution in [1.82, 2.24) is 39.1 Å². The van der Waals surface area contributed by atoms with Gasteiger partial charge in [0.15, 0.2) is 0 Å². The Balaban J connectivity index is 0.000000218. The summed E-state index contributed by atoms with van der Waals surface area (Å²) in [6.45, 7) is 17.5. The number of imidazole rings is 2. The quantitative estimate of drug-likeness (QED) is 0.184. The number of piperazine rings is 2. The number of rotatable bonds is 12. The molecule has 0 radical (unpaired) electrons. The first kappa shape index (κ1) is 41.9. The minimum absolute atomic E-state index is 0.000471. The van der Waals surface area contributed by atoms with Crippen LogP contribution in [0.2, 0.25) is 0 Å². The Bertz CT molecular complexity index is 1750. The van der Waals surface area contributed by atoms with Crippen molar-refractivity contribution in [3.8, 4) is 0 Å². The Hall–Kier alpha value is -4.21. The van der Waals surface area contributed by atoms with Crippen LogP contribution in [0.3, 0.4) is 0 Å². The molecule has 6 rings (SSSR count). The number of nitrogens with zero attached hydrogens (tertiary/aromatic N) is 7. The molecule has 2 aromatic carbocycles. The Morgan fingerprint density at radius 1 is 0.709 bits per heavy atom. The van der Waals surface area contributed by atoms with E-state index in [0.717, 1.165) is 48.7 Å². The lowest BCUT2D eigenvalue weighted by Gasteiger charge is -2.39. The predicted molar refractivity (Wildman–Crippen MR) is 208 cm³/mol. The SMILES string of the molecule is COCC(c1cncn1[C@H](C)c1ccc(F)cc1)N1CCN(C(=O)OC(C)(C)C)CC1.COCC(c1cncn1[C@H](C)c1ccc(F)cc1)N1CCNCC1. The Morgan fingerprint density at radius 2 is 1.13 bits per heavy atom. The number of carbonyl (C=O) groups excluding carboxylic acids is 1. The first-order valence-corrected chi connectivity index (χ1v) is 19.1. The van der Waals surface area contributed by atoms with Gasteiger partial charge in [-0.05, 0) is 70.0 Å². The lowest BCUT2D eigenvalue weighted by atomic mass is 10.1. The van der Waals surface area contributed by atoms with E-state index >= 15 is 0 Å². The maximum Gasteiger partial charge on any atom is 0.410 e. The van der Waals surface area contributed by atoms with Crippen molar-refractivity contribution in [1.29, 1.82) is 0 Å². The molecule has 1 N–H and O–H groups in total. The van der Waals surface area contributed by atoms with Gasteiger partial charge in [0.2, 0.25) is 0 Å². The van der Waals surface area contributed by atoms with Crippen LogP contribution in [0.4, 0.5) is 13.6 Å². The molecule has 2 saturated heterocycles. The van der Waals surface area contributed by atoms with E-state index in [9.17, 15) is 13.6 Å². The largest absolute Gasteiger partial charge is 0.444 e. The number of aromatic nitrogens is 4. The number of methoxy groups -OCH3 is 2. The molecular weight excluding hydrogens is 706 g/mol. The van der Waals surface area contributed by atoms with Crippen molar-refractivity contribution in [3.63, 3.8) is 0 Å². The number of hydrogen-bond acceptors (Lipinski definition) is 9. The Labute approximate surface area is 324 Å². The molecule has 4 aromatic rings. The van der Waals surface area contributed by atoms with Crippen LogP contribution in [0.5, 0.6) is 0 Å². The van der Waals surface area contributed by atoms with E-state index in [4.69, 9.17) is 14.2 Å². The molecule has 12 nitrogen and oxygen atoms in total. The van der Waals surface area contributed by atoms with E-state index in [-0.39, 0.29) is 41.9 Å². The summed E-state index contributed by atoms with van der Waals surface area (Å²) >= 11 is 0. The van der Waals surface area contributed by atoms with Crippen LogP contribution in [0.15, 0.2) is 73.6 Å². The highest BCUT2D eigenvalue weighted by molar-refractivity contribution is 5.68. The normalized spacial score (nSPS) is 17.9. The minimum Gasteiger partial charge on any atom is -0.444 e. The van der Waals surface area contributed by atoms with Crippen LogP contribution in [0, 0.1) is 11.6 Å². The maximum absolute atomic E-state index is 13.3. The molecule has 0 aliphatic carbocycles. The molecule has 2 aliphatic rings. The number of amides is 1. The Morgan fingerprint density at radius 3 is 1.53 bits per heavy atom. The van der Waals surface area contributed by atoms with Crippen LogP contribution < -0.4 is 5.32 Å². The highest BCUT2D eigenvalue weighted by atomic mass is 19.1. The molecule has 4 heterocycles. The third kappa shape index (κ3) is 11.2. The molecule has 2 fully saturated rings. The first-order valence-electron chi connectivity index (χ1n) is 19.1. The van der Waals surface area contributed by atoms with Crippen LogP contribution in [-0.4, -0.2) is 125 Å². The molecule has 0 saturated carbocycles. The van der Waals surface area contributed by atoms with Gasteiger partial charge in [0.25, 0.3) is 0 Å². The van der Waals surface area contributed by atoms with Crippen molar-refractivity contribution in [2.75, 3.05) is 79.8 Å². The van der Waals surface area contributed by atoms with Crippen molar-refractivity contribution in [2.45, 2.75) is 64.4 Å². The number of hydrogen-bond donors (Lipinski definition) is 1. The van der Waals surface area contributed by atoms with Crippen molar-refractivity contribution in [2.24, 2.45) is 0 Å². The second kappa shape index (κ2) is 19.6. The molecular formula is C41H58F2N8O4. The van der Waals surface area contributed by atoms with Crippen molar-refractivity contribution in [3.05, 3.63) is 108 Å². The van der Waals surface area contributed by atoms with E-state index < -0.39 is 5.60 Å². The summed E-state index contributed by atoms with van der Waals surface area (Å²) in [6.07, 6.45) is 7.18. The number of ether oxygens (including phenoxy) is 3. The lowest BCUT2D eigenvalue weighted by molar-refractivity contribution is 0.00325. The standard InChI is InChI=1S/C23H33FN4O3.C18H25FN4O/c1-17(18-6-8-19(24)9-7-18)28-16-25-14-20(28)21(15-30-5)26-10-12-27(13-11-26)22(29)31-23(2,3)4;1-14(15-3-5-16(19)6-4-15)23-13-21-11-17(23)18(12-24-2)22-9-7-20-8-10-22/h6-9,14,16-17,21H,10-13,15H2,1-5H3;3-6,11,13-14,18,20H,7-10,12H2,1-2H3/t17-,21?;14-,18?/m11/s1. The fourth-order valence-electron chi connectivity index (χ4n) is 7.20. The molecule has 0 bridgehead atoms. The molecule has 55 heavy (non-hydrogen) atoms. The minimum atomic E-state index is -0.504. The van der Waals surface area contributed by atoms with Gasteiger partial charge in [-0.15, -0.1) is 0 Å². The maximum atomic E-state index is 13.3. The van der Waals surface area contributed by atoms with Crippen molar-refractivity contribution < 1.29 is 27.8 Å². The number of nitrogens with one attached hydrogen (secondary N) is 1. The average molecular weight is 765 g/mol. The van der Waals surface area contributed by atoms with E-state index in [1.807, 2.05) is 58.0 Å². The van der Waals surface area contributed by atoms with Gasteiger partial charge in [0.05, 0.1) is 61.4 Å². The molecule has 300 valence electrons. The van der Waals surface area contributed by atoms with Gasteiger partial charge in [0.1, 0.15) is 17.2 Å². The molecule has 1 amide bonds. The molecule has 4 atom stereocenters. The number of halogens is 2. The lowest BCUT2D eigenvalue weighted by Crippen LogP contribution is -2.51. The summed E-state index contributed by atoms with van der Waals surface area (Å²) in [5.74, 6) is -0.461. The van der Waals surface area contributed by atoms with Crippen molar-refractivity contribution >= 4 is 6.09 Å². The van der Waals surface area contributed by atoms with Gasteiger partial charge in [-0.3, -0.25) is 9.80 Å².